The standard InChI is InChI=1S/C33H23N2O.C17H22GeN.Ir/c1-21-19-24(23-11-4-3-5-12-23)20-22(2)31(21)35-29-17-8-7-16-28(29)34-33(35)27-15-10-14-26-25-13-6-9-18-30(25)36-32(26)27;1-13(2)15-11-17(14-9-7-6-8-10-14)19-12-16(15)18(3,4)5;/h3-14,16-20H,1-2H3;6-9,11-13H,1-5H3;/q2*-1;/i;13D;. The number of rotatable bonds is 6. The van der Waals surface area contributed by atoms with Gasteiger partial charge in [-0.3, -0.25) is 4.98 Å². The van der Waals surface area contributed by atoms with Gasteiger partial charge in [0.05, 0.1) is 22.4 Å². The van der Waals surface area contributed by atoms with E-state index in [1.54, 1.807) is 0 Å². The average molecular weight is 970 g/mol. The SMILES string of the molecule is Cc1cc(-c2ccccc2)cc(C)c1-n1c(-c2[c-]ccc3c2oc2ccccc23)nc2ccccc21.[2H]C(C)(C)c1cc(-c2[c-]cccc2)nc[c]1[Ge]([CH3])([CH3])[CH3].[Ir]. The number of fused-ring (bicyclic) bond motifs is 4. The molecular weight excluding hydrogens is 923 g/mol. The van der Waals surface area contributed by atoms with Gasteiger partial charge in [0.15, 0.2) is 0 Å². The molecule has 0 fully saturated rings. The van der Waals surface area contributed by atoms with Crippen molar-refractivity contribution in [2.24, 2.45) is 0 Å². The van der Waals surface area contributed by atoms with Crippen LogP contribution in [-0.4, -0.2) is 27.8 Å². The van der Waals surface area contributed by atoms with Gasteiger partial charge in [0, 0.05) is 31.2 Å². The van der Waals surface area contributed by atoms with E-state index in [0.29, 0.717) is 0 Å². The minimum absolute atomic E-state index is 0. The summed E-state index contributed by atoms with van der Waals surface area (Å²) in [5.41, 5.74) is 13.5. The van der Waals surface area contributed by atoms with E-state index in [2.05, 4.69) is 132 Å². The fraction of sp³-hybridized carbons (Fsp3) is 0.160. The van der Waals surface area contributed by atoms with Crippen LogP contribution >= 0.6 is 0 Å². The van der Waals surface area contributed by atoms with Gasteiger partial charge in [-0.1, -0.05) is 71.6 Å². The molecule has 0 spiro atoms. The van der Waals surface area contributed by atoms with E-state index in [0.717, 1.165) is 66.9 Å². The van der Waals surface area contributed by atoms with Crippen molar-refractivity contribution in [1.29, 1.82) is 0 Å². The number of aromatic nitrogens is 3. The summed E-state index contributed by atoms with van der Waals surface area (Å²) in [7, 11) is 0. The van der Waals surface area contributed by atoms with E-state index in [9.17, 15) is 0 Å². The molecule has 4 nitrogen and oxygen atoms in total. The fourth-order valence-corrected chi connectivity index (χ4v) is 10.9. The summed E-state index contributed by atoms with van der Waals surface area (Å²) < 4.78 is 18.4. The summed E-state index contributed by atoms with van der Waals surface area (Å²) in [6.07, 6.45) is 2.00. The van der Waals surface area contributed by atoms with Crippen molar-refractivity contribution < 1.29 is 25.9 Å². The molecule has 0 amide bonds. The Hall–Kier alpha value is -5.07. The number of furan rings is 1. The molecule has 0 bridgehead atoms. The van der Waals surface area contributed by atoms with Crippen molar-refractivity contribution >= 4 is 50.6 Å². The van der Waals surface area contributed by atoms with Gasteiger partial charge in [0.25, 0.3) is 0 Å². The van der Waals surface area contributed by atoms with Crippen molar-refractivity contribution in [3.05, 3.63) is 168 Å². The summed E-state index contributed by atoms with van der Waals surface area (Å²) in [5.74, 6) is 7.28. The number of para-hydroxylation sites is 3. The Labute approximate surface area is 347 Å². The number of imidazole rings is 1. The predicted molar refractivity (Wildman–Crippen MR) is 233 cm³/mol. The van der Waals surface area contributed by atoms with Crippen LogP contribution in [0, 0.1) is 26.0 Å². The monoisotopic (exact) mass is 971 g/mol. The summed E-state index contributed by atoms with van der Waals surface area (Å²) in [6.45, 7) is 8.27. The Morgan fingerprint density at radius 3 is 2.14 bits per heavy atom. The molecule has 281 valence electrons. The van der Waals surface area contributed by atoms with Crippen LogP contribution in [0.5, 0.6) is 0 Å². The molecule has 6 aromatic carbocycles. The molecule has 0 saturated carbocycles. The first-order valence-electron chi connectivity index (χ1n) is 19.3. The van der Waals surface area contributed by atoms with Gasteiger partial charge in [-0.05, 0) is 66.4 Å². The van der Waals surface area contributed by atoms with Gasteiger partial charge >= 0.3 is 120 Å². The van der Waals surface area contributed by atoms with E-state index in [4.69, 9.17) is 10.8 Å². The number of aryl methyl sites for hydroxylation is 2. The summed E-state index contributed by atoms with van der Waals surface area (Å²) in [5, 5.41) is 2.18. The minimum Gasteiger partial charge on any atom is 0 e. The Bertz CT molecular complexity index is 2830. The second-order valence-electron chi connectivity index (χ2n) is 15.4. The number of hydrogen-bond donors (Lipinski definition) is 0. The predicted octanol–water partition coefficient (Wildman–Crippen LogP) is 12.9. The molecule has 0 atom stereocenters. The van der Waals surface area contributed by atoms with Crippen molar-refractivity contribution in [2.45, 2.75) is 50.9 Å². The molecular formula is C50H45GeIrN3O-2. The summed E-state index contributed by atoms with van der Waals surface area (Å²) in [4.78, 5) is 9.74. The van der Waals surface area contributed by atoms with E-state index < -0.39 is 19.2 Å². The molecule has 3 aromatic heterocycles. The van der Waals surface area contributed by atoms with Gasteiger partial charge in [-0.2, -0.15) is 0 Å². The van der Waals surface area contributed by atoms with Crippen molar-refractivity contribution in [1.82, 2.24) is 14.5 Å². The van der Waals surface area contributed by atoms with E-state index in [1.165, 1.54) is 26.6 Å². The molecule has 9 rings (SSSR count). The zero-order valence-electron chi connectivity index (χ0n) is 33.9. The molecule has 0 N–H and O–H groups in total. The second-order valence-corrected chi connectivity index (χ2v) is 26.0. The molecule has 0 aliphatic rings. The first-order valence-corrected chi connectivity index (χ1v) is 26.2. The fourth-order valence-electron chi connectivity index (χ4n) is 7.55. The summed E-state index contributed by atoms with van der Waals surface area (Å²) >= 11 is -2.03. The molecule has 1 radical (unpaired) electrons. The maximum absolute atomic E-state index is 8.44. The van der Waals surface area contributed by atoms with Crippen molar-refractivity contribution in [2.75, 3.05) is 0 Å². The maximum Gasteiger partial charge on any atom is 0 e. The zero-order valence-corrected chi connectivity index (χ0v) is 37.4. The average Bonchev–Trinajstić information content (AvgIpc) is 3.77. The third-order valence-corrected chi connectivity index (χ3v) is 14.4. The van der Waals surface area contributed by atoms with Gasteiger partial charge in [0.1, 0.15) is 5.58 Å². The number of pyridine rings is 1. The molecule has 3 heterocycles. The number of nitrogens with zero attached hydrogens (tertiary/aromatic N) is 3. The van der Waals surface area contributed by atoms with Gasteiger partial charge in [-0.15, -0.1) is 18.2 Å². The first kappa shape index (κ1) is 37.8. The Kier molecular flexibility index (Phi) is 10.9. The van der Waals surface area contributed by atoms with E-state index in [1.807, 2.05) is 74.6 Å². The van der Waals surface area contributed by atoms with Crippen LogP contribution in [0.4, 0.5) is 0 Å². The van der Waals surface area contributed by atoms with Crippen LogP contribution in [0.25, 0.3) is 72.4 Å². The Morgan fingerprint density at radius 1 is 0.732 bits per heavy atom. The zero-order chi connectivity index (χ0) is 39.2. The number of hydrogen-bond acceptors (Lipinski definition) is 3. The van der Waals surface area contributed by atoms with E-state index >= 15 is 0 Å². The quantitative estimate of drug-likeness (QED) is 0.123. The van der Waals surface area contributed by atoms with Crippen molar-refractivity contribution in [3.63, 3.8) is 0 Å². The molecule has 0 aliphatic carbocycles. The minimum atomic E-state index is -2.03. The Morgan fingerprint density at radius 2 is 1.43 bits per heavy atom. The molecule has 56 heavy (non-hydrogen) atoms. The first-order chi connectivity index (χ1) is 26.9. The number of benzene rings is 6. The molecule has 9 aromatic rings. The maximum atomic E-state index is 8.44. The van der Waals surface area contributed by atoms with Gasteiger partial charge < -0.3 is 8.98 Å². The van der Waals surface area contributed by atoms with Crippen LogP contribution < -0.4 is 4.40 Å². The molecule has 0 aliphatic heterocycles. The van der Waals surface area contributed by atoms with Crippen molar-refractivity contribution in [3.8, 4) is 39.5 Å². The summed E-state index contributed by atoms with van der Waals surface area (Å²) in [6, 6.07) is 52.2. The largest absolute Gasteiger partial charge is 0 e. The molecule has 0 unspecified atom stereocenters. The van der Waals surface area contributed by atoms with Crippen LogP contribution in [0.3, 0.4) is 0 Å². The third kappa shape index (κ3) is 7.56. The van der Waals surface area contributed by atoms with Crippen LogP contribution in [0.15, 0.2) is 144 Å². The van der Waals surface area contributed by atoms with Crippen LogP contribution in [-0.2, 0) is 20.1 Å². The normalized spacial score (nSPS) is 11.9. The van der Waals surface area contributed by atoms with Gasteiger partial charge in [-0.25, -0.2) is 0 Å². The Balaban J connectivity index is 0.000000202. The topological polar surface area (TPSA) is 43.9 Å². The van der Waals surface area contributed by atoms with E-state index in [-0.39, 0.29) is 20.1 Å². The third-order valence-electron chi connectivity index (χ3n) is 10.2. The molecule has 6 heteroatoms. The van der Waals surface area contributed by atoms with Crippen LogP contribution in [0.2, 0.25) is 17.3 Å². The van der Waals surface area contributed by atoms with Gasteiger partial charge in [0.2, 0.25) is 0 Å². The molecule has 0 saturated heterocycles. The second kappa shape index (κ2) is 16.2. The smallest absolute Gasteiger partial charge is 0 e. The van der Waals surface area contributed by atoms with Crippen LogP contribution in [0.1, 0.15) is 37.8 Å².